The number of amides is 2. The molecule has 0 unspecified atom stereocenters. The summed E-state index contributed by atoms with van der Waals surface area (Å²) in [6.45, 7) is 16.0. The van der Waals surface area contributed by atoms with E-state index in [1.807, 2.05) is 61.2 Å². The number of carbonyl (C=O) groups excluding carboxylic acids is 2. The summed E-state index contributed by atoms with van der Waals surface area (Å²) < 4.78 is 0. The van der Waals surface area contributed by atoms with E-state index in [1.54, 1.807) is 16.4 Å². The molecule has 9 heteroatoms. The molecule has 0 saturated carbocycles. The maximum atomic E-state index is 13.7. The van der Waals surface area contributed by atoms with Gasteiger partial charge in [-0.3, -0.25) is 4.79 Å². The Kier molecular flexibility index (Phi) is 8.77. The normalized spacial score (nSPS) is 16.1. The summed E-state index contributed by atoms with van der Waals surface area (Å²) in [6, 6.07) is 13.7. The zero-order chi connectivity index (χ0) is 29.1. The van der Waals surface area contributed by atoms with E-state index in [0.29, 0.717) is 37.2 Å². The standard InChI is InChI=1S/C32H41N5O3S/c1-22-20-24(30(38)37-14-12-28-29(34-23(2)41-28)26-8-6-7-9-27(26)37)10-11-25(22)21-33-31(39)40-36-18-16-35(17-19-36)15-13-32(3,4)5/h6-11,20H,12-19,21H2,1-5H3,(H,33,39). The molecular formula is C32H41N5O3S. The Bertz CT molecular complexity index is 1400. The average molecular weight is 576 g/mol. The quantitative estimate of drug-likeness (QED) is 0.399. The third-order valence-electron chi connectivity index (χ3n) is 7.80. The number of hydroxylamine groups is 2. The number of fused-ring (bicyclic) bond motifs is 3. The number of benzene rings is 2. The molecule has 2 amide bonds. The Morgan fingerprint density at radius 3 is 2.51 bits per heavy atom. The fraction of sp³-hybridized carbons (Fsp3) is 0.469. The van der Waals surface area contributed by atoms with Crippen LogP contribution in [-0.4, -0.2) is 66.2 Å². The number of hydrogen-bond donors (Lipinski definition) is 1. The fourth-order valence-corrected chi connectivity index (χ4v) is 6.28. The SMILES string of the molecule is Cc1nc2c(s1)CCN(C(=O)c1ccc(CNC(=O)ON3CCN(CCC(C)(C)C)CC3)c(C)c1)c1ccccc1-2. The Balaban J connectivity index is 1.16. The van der Waals surface area contributed by atoms with Crippen molar-refractivity contribution in [3.63, 3.8) is 0 Å². The van der Waals surface area contributed by atoms with E-state index >= 15 is 0 Å². The molecule has 2 aromatic carbocycles. The van der Waals surface area contributed by atoms with Crippen LogP contribution >= 0.6 is 11.3 Å². The van der Waals surface area contributed by atoms with Crippen molar-refractivity contribution in [3.8, 4) is 11.3 Å². The van der Waals surface area contributed by atoms with Crippen LogP contribution < -0.4 is 10.2 Å². The lowest BCUT2D eigenvalue weighted by Crippen LogP contribution is -2.48. The van der Waals surface area contributed by atoms with Crippen molar-refractivity contribution in [1.82, 2.24) is 20.3 Å². The second-order valence-electron chi connectivity index (χ2n) is 12.2. The van der Waals surface area contributed by atoms with E-state index < -0.39 is 6.09 Å². The van der Waals surface area contributed by atoms with E-state index in [-0.39, 0.29) is 5.91 Å². The van der Waals surface area contributed by atoms with Gasteiger partial charge >= 0.3 is 6.09 Å². The number of aromatic nitrogens is 1. The van der Waals surface area contributed by atoms with Crippen LogP contribution in [-0.2, 0) is 17.8 Å². The molecule has 2 aliphatic heterocycles. The molecule has 218 valence electrons. The first-order chi connectivity index (χ1) is 19.6. The van der Waals surface area contributed by atoms with Gasteiger partial charge in [0.25, 0.3) is 5.91 Å². The van der Waals surface area contributed by atoms with E-state index in [4.69, 9.17) is 9.82 Å². The van der Waals surface area contributed by atoms with Crippen molar-refractivity contribution >= 4 is 29.0 Å². The maximum absolute atomic E-state index is 13.7. The average Bonchev–Trinajstić information content (AvgIpc) is 3.24. The summed E-state index contributed by atoms with van der Waals surface area (Å²) in [4.78, 5) is 42.1. The minimum Gasteiger partial charge on any atom is -0.351 e. The monoisotopic (exact) mass is 575 g/mol. The van der Waals surface area contributed by atoms with Crippen LogP contribution in [0.5, 0.6) is 0 Å². The Labute approximate surface area is 247 Å². The lowest BCUT2D eigenvalue weighted by atomic mass is 9.92. The first-order valence-electron chi connectivity index (χ1n) is 14.5. The molecule has 0 spiro atoms. The number of nitrogens with one attached hydrogen (secondary N) is 1. The molecule has 0 bridgehead atoms. The van der Waals surface area contributed by atoms with Gasteiger partial charge in [-0.2, -0.15) is 0 Å². The lowest BCUT2D eigenvalue weighted by molar-refractivity contribution is -0.123. The van der Waals surface area contributed by atoms with Gasteiger partial charge < -0.3 is 20.0 Å². The number of aryl methyl sites for hydroxylation is 2. The van der Waals surface area contributed by atoms with Crippen molar-refractivity contribution in [2.45, 2.75) is 54.0 Å². The number of piperazine rings is 1. The summed E-state index contributed by atoms with van der Waals surface area (Å²) in [7, 11) is 0. The third-order valence-corrected chi connectivity index (χ3v) is 8.83. The number of anilines is 1. The van der Waals surface area contributed by atoms with Gasteiger partial charge in [-0.15, -0.1) is 16.4 Å². The predicted molar refractivity (Wildman–Crippen MR) is 164 cm³/mol. The summed E-state index contributed by atoms with van der Waals surface area (Å²) in [5, 5.41) is 5.66. The zero-order valence-electron chi connectivity index (χ0n) is 24.8. The Hall–Kier alpha value is -3.27. The van der Waals surface area contributed by atoms with Crippen molar-refractivity contribution in [3.05, 3.63) is 69.0 Å². The predicted octanol–water partition coefficient (Wildman–Crippen LogP) is 5.82. The van der Waals surface area contributed by atoms with E-state index in [2.05, 4.69) is 31.0 Å². The minimum atomic E-state index is -0.454. The number of hydrogen-bond acceptors (Lipinski definition) is 7. The molecule has 1 saturated heterocycles. The number of rotatable bonds is 6. The minimum absolute atomic E-state index is 0.0343. The van der Waals surface area contributed by atoms with Gasteiger partial charge in [0, 0.05) is 61.7 Å². The van der Waals surface area contributed by atoms with Crippen LogP contribution in [0.1, 0.15) is 58.6 Å². The largest absolute Gasteiger partial charge is 0.426 e. The summed E-state index contributed by atoms with van der Waals surface area (Å²) in [6.07, 6.45) is 1.47. The molecule has 5 rings (SSSR count). The highest BCUT2D eigenvalue weighted by atomic mass is 32.1. The number of carbonyl (C=O) groups is 2. The van der Waals surface area contributed by atoms with Crippen LogP contribution in [0.25, 0.3) is 11.3 Å². The van der Waals surface area contributed by atoms with Crippen LogP contribution in [0.15, 0.2) is 42.5 Å². The third kappa shape index (κ3) is 7.15. The molecule has 3 aromatic rings. The molecule has 1 fully saturated rings. The summed E-state index contributed by atoms with van der Waals surface area (Å²) in [5.41, 5.74) is 5.73. The molecule has 0 radical (unpaired) electrons. The van der Waals surface area contributed by atoms with Crippen LogP contribution in [0, 0.1) is 19.3 Å². The summed E-state index contributed by atoms with van der Waals surface area (Å²) >= 11 is 1.70. The number of para-hydroxylation sites is 1. The highest BCUT2D eigenvalue weighted by Crippen LogP contribution is 2.38. The molecular weight excluding hydrogens is 534 g/mol. The van der Waals surface area contributed by atoms with Crippen molar-refractivity contribution in [2.24, 2.45) is 5.41 Å². The molecule has 2 aliphatic rings. The Morgan fingerprint density at radius 1 is 1.02 bits per heavy atom. The van der Waals surface area contributed by atoms with Gasteiger partial charge in [0.05, 0.1) is 16.4 Å². The molecule has 0 atom stereocenters. The Morgan fingerprint density at radius 2 is 1.78 bits per heavy atom. The molecule has 8 nitrogen and oxygen atoms in total. The van der Waals surface area contributed by atoms with Gasteiger partial charge in [-0.25, -0.2) is 9.78 Å². The maximum Gasteiger partial charge on any atom is 0.426 e. The first-order valence-corrected chi connectivity index (χ1v) is 15.3. The van der Waals surface area contributed by atoms with Crippen LogP contribution in [0.4, 0.5) is 10.5 Å². The van der Waals surface area contributed by atoms with Gasteiger partial charge in [-0.1, -0.05) is 45.0 Å². The molecule has 1 aromatic heterocycles. The molecule has 41 heavy (non-hydrogen) atoms. The highest BCUT2D eigenvalue weighted by Gasteiger charge is 2.27. The second kappa shape index (κ2) is 12.3. The lowest BCUT2D eigenvalue weighted by Gasteiger charge is -2.34. The van der Waals surface area contributed by atoms with Crippen LogP contribution in [0.3, 0.4) is 0 Å². The highest BCUT2D eigenvalue weighted by molar-refractivity contribution is 7.12. The van der Waals surface area contributed by atoms with Gasteiger partial charge in [0.15, 0.2) is 0 Å². The molecule has 1 N–H and O–H groups in total. The van der Waals surface area contributed by atoms with Crippen molar-refractivity contribution in [1.29, 1.82) is 0 Å². The smallest absolute Gasteiger partial charge is 0.351 e. The first kappa shape index (κ1) is 29.2. The van der Waals surface area contributed by atoms with Crippen molar-refractivity contribution < 1.29 is 14.4 Å². The van der Waals surface area contributed by atoms with Gasteiger partial charge in [0.1, 0.15) is 0 Å². The van der Waals surface area contributed by atoms with Crippen molar-refractivity contribution in [2.75, 3.05) is 44.2 Å². The van der Waals surface area contributed by atoms with E-state index in [0.717, 1.165) is 65.6 Å². The fourth-order valence-electron chi connectivity index (χ4n) is 5.34. The number of nitrogens with zero attached hydrogens (tertiary/aromatic N) is 4. The number of thiazole rings is 1. The second-order valence-corrected chi connectivity index (χ2v) is 13.5. The zero-order valence-corrected chi connectivity index (χ0v) is 25.6. The van der Waals surface area contributed by atoms with E-state index in [1.165, 1.54) is 4.88 Å². The topological polar surface area (TPSA) is 78.0 Å². The summed E-state index contributed by atoms with van der Waals surface area (Å²) in [5.74, 6) is -0.0343. The molecule has 0 aliphatic carbocycles. The van der Waals surface area contributed by atoms with E-state index in [9.17, 15) is 9.59 Å². The van der Waals surface area contributed by atoms with Crippen LogP contribution in [0.2, 0.25) is 0 Å². The van der Waals surface area contributed by atoms with Gasteiger partial charge in [-0.05, 0) is 61.6 Å². The molecule has 3 heterocycles. The van der Waals surface area contributed by atoms with Gasteiger partial charge in [0.2, 0.25) is 0 Å².